The summed E-state index contributed by atoms with van der Waals surface area (Å²) in [5.74, 6) is -0.203. The molecule has 0 spiro atoms. The van der Waals surface area contributed by atoms with Crippen LogP contribution >= 0.6 is 0 Å². The zero-order valence-electron chi connectivity index (χ0n) is 12.2. The van der Waals surface area contributed by atoms with Crippen LogP contribution in [0.5, 0.6) is 0 Å². The highest BCUT2D eigenvalue weighted by molar-refractivity contribution is 7.88. The summed E-state index contributed by atoms with van der Waals surface area (Å²) in [6, 6.07) is 0.0756. The van der Waals surface area contributed by atoms with Crippen LogP contribution in [0.15, 0.2) is 0 Å². The van der Waals surface area contributed by atoms with Gasteiger partial charge in [0.05, 0.1) is 12.8 Å². The van der Waals surface area contributed by atoms with Crippen LogP contribution in [0.4, 0.5) is 0 Å². The molecule has 0 aliphatic heterocycles. The Bertz CT molecular complexity index is 389. The fourth-order valence-corrected chi connectivity index (χ4v) is 3.55. The van der Waals surface area contributed by atoms with Gasteiger partial charge >= 0.3 is 0 Å². The van der Waals surface area contributed by atoms with Gasteiger partial charge in [-0.05, 0) is 26.2 Å². The first-order valence-corrected chi connectivity index (χ1v) is 8.95. The quantitative estimate of drug-likeness (QED) is 0.806. The fourth-order valence-electron chi connectivity index (χ4n) is 2.45. The van der Waals surface area contributed by atoms with Crippen LogP contribution in [0.25, 0.3) is 0 Å². The summed E-state index contributed by atoms with van der Waals surface area (Å²) >= 11 is 0. The first-order valence-electron chi connectivity index (χ1n) is 7.10. The molecule has 6 heteroatoms. The molecule has 1 atom stereocenters. The van der Waals surface area contributed by atoms with E-state index in [4.69, 9.17) is 0 Å². The lowest BCUT2D eigenvalue weighted by molar-refractivity contribution is -0.122. The SMILES string of the molecule is CC[C@@H](C)NC(=O)CN(C1CCCCC1)S(C)(=O)=O. The minimum atomic E-state index is -3.33. The normalized spacial score (nSPS) is 19.4. The van der Waals surface area contributed by atoms with Gasteiger partial charge in [0.1, 0.15) is 0 Å². The highest BCUT2D eigenvalue weighted by Crippen LogP contribution is 2.24. The molecule has 19 heavy (non-hydrogen) atoms. The van der Waals surface area contributed by atoms with E-state index in [0.717, 1.165) is 38.5 Å². The van der Waals surface area contributed by atoms with Crippen LogP contribution in [0.1, 0.15) is 52.4 Å². The number of nitrogens with one attached hydrogen (secondary N) is 1. The number of rotatable bonds is 6. The van der Waals surface area contributed by atoms with Crippen molar-refractivity contribution in [2.75, 3.05) is 12.8 Å². The number of hydrogen-bond acceptors (Lipinski definition) is 3. The lowest BCUT2D eigenvalue weighted by atomic mass is 9.95. The first-order chi connectivity index (χ1) is 8.84. The van der Waals surface area contributed by atoms with Gasteiger partial charge in [0.15, 0.2) is 0 Å². The Morgan fingerprint density at radius 1 is 1.32 bits per heavy atom. The molecule has 1 fully saturated rings. The van der Waals surface area contributed by atoms with E-state index in [9.17, 15) is 13.2 Å². The summed E-state index contributed by atoms with van der Waals surface area (Å²) < 4.78 is 25.1. The van der Waals surface area contributed by atoms with E-state index < -0.39 is 10.0 Å². The van der Waals surface area contributed by atoms with Crippen molar-refractivity contribution in [1.29, 1.82) is 0 Å². The van der Waals surface area contributed by atoms with Crippen molar-refractivity contribution in [2.24, 2.45) is 0 Å². The smallest absolute Gasteiger partial charge is 0.235 e. The molecule has 0 bridgehead atoms. The predicted molar refractivity (Wildman–Crippen MR) is 76.3 cm³/mol. The monoisotopic (exact) mass is 290 g/mol. The Morgan fingerprint density at radius 3 is 2.37 bits per heavy atom. The molecule has 1 saturated carbocycles. The lowest BCUT2D eigenvalue weighted by Crippen LogP contribution is -2.48. The van der Waals surface area contributed by atoms with E-state index in [1.54, 1.807) is 0 Å². The molecule has 1 amide bonds. The van der Waals surface area contributed by atoms with Crippen LogP contribution in [-0.2, 0) is 14.8 Å². The summed E-state index contributed by atoms with van der Waals surface area (Å²) in [4.78, 5) is 11.9. The molecular weight excluding hydrogens is 264 g/mol. The highest BCUT2D eigenvalue weighted by Gasteiger charge is 2.29. The van der Waals surface area contributed by atoms with Crippen molar-refractivity contribution in [1.82, 2.24) is 9.62 Å². The van der Waals surface area contributed by atoms with Crippen molar-refractivity contribution in [3.8, 4) is 0 Å². The maximum atomic E-state index is 11.9. The second kappa shape index (κ2) is 7.24. The largest absolute Gasteiger partial charge is 0.353 e. The van der Waals surface area contributed by atoms with Crippen LogP contribution in [0.3, 0.4) is 0 Å². The Kier molecular flexibility index (Phi) is 6.26. The molecule has 0 unspecified atom stereocenters. The second-order valence-corrected chi connectivity index (χ2v) is 7.41. The third-order valence-corrected chi connectivity index (χ3v) is 5.01. The van der Waals surface area contributed by atoms with E-state index in [2.05, 4.69) is 5.32 Å². The average molecular weight is 290 g/mol. The number of carbonyl (C=O) groups excluding carboxylic acids is 1. The van der Waals surface area contributed by atoms with E-state index >= 15 is 0 Å². The van der Waals surface area contributed by atoms with Gasteiger partial charge in [0.2, 0.25) is 15.9 Å². The predicted octanol–water partition coefficient (Wildman–Crippen LogP) is 1.50. The standard InChI is InChI=1S/C13H26N2O3S/c1-4-11(2)14-13(16)10-15(19(3,17)18)12-8-6-5-7-9-12/h11-12H,4-10H2,1-3H3,(H,14,16)/t11-/m1/s1. The molecule has 1 rings (SSSR count). The molecule has 0 radical (unpaired) electrons. The van der Waals surface area contributed by atoms with Gasteiger partial charge in [-0.25, -0.2) is 8.42 Å². The third-order valence-electron chi connectivity index (χ3n) is 3.73. The third kappa shape index (κ3) is 5.48. The Morgan fingerprint density at radius 2 is 1.89 bits per heavy atom. The molecule has 0 aromatic carbocycles. The number of sulfonamides is 1. The number of carbonyl (C=O) groups is 1. The zero-order valence-corrected chi connectivity index (χ0v) is 13.0. The summed E-state index contributed by atoms with van der Waals surface area (Å²) in [5.41, 5.74) is 0. The van der Waals surface area contributed by atoms with Gasteiger partial charge in [-0.3, -0.25) is 4.79 Å². The Labute approximate surface area is 116 Å². The maximum Gasteiger partial charge on any atom is 0.235 e. The van der Waals surface area contributed by atoms with Crippen LogP contribution in [0.2, 0.25) is 0 Å². The van der Waals surface area contributed by atoms with Gasteiger partial charge in [-0.15, -0.1) is 0 Å². The van der Waals surface area contributed by atoms with E-state index in [1.807, 2.05) is 13.8 Å². The fraction of sp³-hybridized carbons (Fsp3) is 0.923. The van der Waals surface area contributed by atoms with Crippen LogP contribution in [0, 0.1) is 0 Å². The van der Waals surface area contributed by atoms with E-state index in [0.29, 0.717) is 0 Å². The molecule has 1 aliphatic carbocycles. The number of nitrogens with zero attached hydrogens (tertiary/aromatic N) is 1. The van der Waals surface area contributed by atoms with Gasteiger partial charge in [-0.2, -0.15) is 4.31 Å². The van der Waals surface area contributed by atoms with E-state index in [-0.39, 0.29) is 24.5 Å². The Hall–Kier alpha value is -0.620. The molecule has 112 valence electrons. The summed E-state index contributed by atoms with van der Waals surface area (Å²) in [7, 11) is -3.33. The maximum absolute atomic E-state index is 11.9. The van der Waals surface area contributed by atoms with Crippen molar-refractivity contribution in [3.05, 3.63) is 0 Å². The minimum Gasteiger partial charge on any atom is -0.353 e. The molecule has 0 saturated heterocycles. The molecule has 0 aromatic rings. The van der Waals surface area contributed by atoms with Gasteiger partial charge in [-0.1, -0.05) is 26.2 Å². The molecule has 1 aliphatic rings. The second-order valence-electron chi connectivity index (χ2n) is 5.48. The highest BCUT2D eigenvalue weighted by atomic mass is 32.2. The summed E-state index contributed by atoms with van der Waals surface area (Å²) in [6.45, 7) is 3.86. The molecule has 0 aromatic heterocycles. The summed E-state index contributed by atoms with van der Waals surface area (Å²) in [6.07, 6.45) is 7.01. The van der Waals surface area contributed by atoms with Crippen molar-refractivity contribution in [3.63, 3.8) is 0 Å². The van der Waals surface area contributed by atoms with Gasteiger partial charge < -0.3 is 5.32 Å². The van der Waals surface area contributed by atoms with Gasteiger partial charge in [0, 0.05) is 12.1 Å². The molecule has 0 heterocycles. The average Bonchev–Trinajstić information content (AvgIpc) is 2.35. The first kappa shape index (κ1) is 16.4. The summed E-state index contributed by atoms with van der Waals surface area (Å²) in [5, 5.41) is 2.83. The number of hydrogen-bond donors (Lipinski definition) is 1. The van der Waals surface area contributed by atoms with Crippen LogP contribution in [-0.4, -0.2) is 43.5 Å². The van der Waals surface area contributed by atoms with Gasteiger partial charge in [0.25, 0.3) is 0 Å². The van der Waals surface area contributed by atoms with Crippen LogP contribution < -0.4 is 5.32 Å². The topological polar surface area (TPSA) is 66.5 Å². The molecule has 5 nitrogen and oxygen atoms in total. The Balaban J connectivity index is 2.67. The zero-order chi connectivity index (χ0) is 14.5. The minimum absolute atomic E-state index is 0.00793. The van der Waals surface area contributed by atoms with E-state index in [1.165, 1.54) is 10.6 Å². The number of amides is 1. The lowest BCUT2D eigenvalue weighted by Gasteiger charge is -2.32. The van der Waals surface area contributed by atoms with Crippen molar-refractivity contribution < 1.29 is 13.2 Å². The molecule has 1 N–H and O–H groups in total. The van der Waals surface area contributed by atoms with Crippen molar-refractivity contribution in [2.45, 2.75) is 64.5 Å². The molecular formula is C13H26N2O3S. The van der Waals surface area contributed by atoms with Crippen molar-refractivity contribution >= 4 is 15.9 Å².